The molecule has 0 aliphatic rings. The third-order valence-corrected chi connectivity index (χ3v) is 3.45. The molecule has 0 fully saturated rings. The minimum atomic E-state index is -0.414. The van der Waals surface area contributed by atoms with Crippen molar-refractivity contribution in [1.82, 2.24) is 0 Å². The molecule has 0 unspecified atom stereocenters. The first-order valence-corrected chi connectivity index (χ1v) is 6.83. The standard InChI is InChI=1S/C17H14O5/c1-20-17(19)5-4-14(18)16-9-13(10-22-16)12-3-2-11-6-7-21-15(11)8-12/h2-3,6-10H,4-5H2,1H3. The van der Waals surface area contributed by atoms with E-state index < -0.39 is 5.97 Å². The molecule has 0 N–H and O–H groups in total. The predicted molar refractivity (Wildman–Crippen MR) is 79.5 cm³/mol. The highest BCUT2D eigenvalue weighted by Crippen LogP contribution is 2.27. The summed E-state index contributed by atoms with van der Waals surface area (Å²) in [5.74, 6) is -0.405. The number of methoxy groups -OCH3 is 1. The number of Topliss-reactive ketones (excluding diaryl/α,β-unsaturated/α-hetero) is 1. The van der Waals surface area contributed by atoms with Crippen LogP contribution in [-0.2, 0) is 9.53 Å². The van der Waals surface area contributed by atoms with E-state index in [-0.39, 0.29) is 24.4 Å². The minimum absolute atomic E-state index is 0.0454. The molecule has 5 nitrogen and oxygen atoms in total. The van der Waals surface area contributed by atoms with Gasteiger partial charge in [0.2, 0.25) is 0 Å². The van der Waals surface area contributed by atoms with Gasteiger partial charge >= 0.3 is 5.97 Å². The fourth-order valence-corrected chi connectivity index (χ4v) is 2.21. The van der Waals surface area contributed by atoms with Crippen LogP contribution >= 0.6 is 0 Å². The number of fused-ring (bicyclic) bond motifs is 1. The average molecular weight is 298 g/mol. The number of esters is 1. The van der Waals surface area contributed by atoms with Crippen LogP contribution in [0.2, 0.25) is 0 Å². The van der Waals surface area contributed by atoms with Gasteiger partial charge in [0.15, 0.2) is 11.5 Å². The number of ether oxygens (including phenoxy) is 1. The average Bonchev–Trinajstić information content (AvgIpc) is 3.20. The van der Waals surface area contributed by atoms with Crippen LogP contribution in [0.25, 0.3) is 22.1 Å². The highest BCUT2D eigenvalue weighted by molar-refractivity contribution is 5.96. The van der Waals surface area contributed by atoms with Crippen molar-refractivity contribution in [2.24, 2.45) is 0 Å². The summed E-state index contributed by atoms with van der Waals surface area (Å²) in [7, 11) is 1.29. The van der Waals surface area contributed by atoms with Crippen molar-refractivity contribution in [3.8, 4) is 11.1 Å². The molecular formula is C17H14O5. The van der Waals surface area contributed by atoms with Gasteiger partial charge in [0.25, 0.3) is 0 Å². The summed E-state index contributed by atoms with van der Waals surface area (Å²) in [4.78, 5) is 23.0. The molecule has 0 amide bonds. The number of ketones is 1. The normalized spacial score (nSPS) is 10.8. The second-order valence-corrected chi connectivity index (χ2v) is 4.87. The molecule has 0 saturated carbocycles. The first-order chi connectivity index (χ1) is 10.7. The van der Waals surface area contributed by atoms with E-state index >= 15 is 0 Å². The van der Waals surface area contributed by atoms with E-state index in [2.05, 4.69) is 4.74 Å². The summed E-state index contributed by atoms with van der Waals surface area (Å²) in [5, 5.41) is 1.02. The van der Waals surface area contributed by atoms with E-state index in [1.165, 1.54) is 13.4 Å². The highest BCUT2D eigenvalue weighted by atomic mass is 16.5. The molecule has 0 radical (unpaired) electrons. The van der Waals surface area contributed by atoms with Crippen molar-refractivity contribution >= 4 is 22.7 Å². The lowest BCUT2D eigenvalue weighted by atomic mass is 10.1. The Labute approximate surface area is 126 Å². The zero-order valence-corrected chi connectivity index (χ0v) is 12.0. The number of hydrogen-bond donors (Lipinski definition) is 0. The Morgan fingerprint density at radius 1 is 1.05 bits per heavy atom. The van der Waals surface area contributed by atoms with Crippen LogP contribution in [0, 0.1) is 0 Å². The molecule has 0 bridgehead atoms. The van der Waals surface area contributed by atoms with Crippen LogP contribution in [0.3, 0.4) is 0 Å². The molecule has 2 heterocycles. The van der Waals surface area contributed by atoms with Crippen LogP contribution in [-0.4, -0.2) is 18.9 Å². The van der Waals surface area contributed by atoms with E-state index in [4.69, 9.17) is 8.83 Å². The highest BCUT2D eigenvalue weighted by Gasteiger charge is 2.14. The monoisotopic (exact) mass is 298 g/mol. The van der Waals surface area contributed by atoms with Gasteiger partial charge in [-0.1, -0.05) is 12.1 Å². The maximum absolute atomic E-state index is 12.0. The summed E-state index contributed by atoms with van der Waals surface area (Å²) in [5.41, 5.74) is 2.47. The van der Waals surface area contributed by atoms with Crippen LogP contribution in [0.15, 0.2) is 51.7 Å². The minimum Gasteiger partial charge on any atom is -0.469 e. The van der Waals surface area contributed by atoms with Crippen LogP contribution in [0.1, 0.15) is 23.4 Å². The Kier molecular flexibility index (Phi) is 3.78. The molecule has 0 spiro atoms. The molecule has 5 heteroatoms. The van der Waals surface area contributed by atoms with E-state index in [1.807, 2.05) is 24.3 Å². The Bertz CT molecular complexity index is 824. The van der Waals surface area contributed by atoms with Gasteiger partial charge in [-0.2, -0.15) is 0 Å². The molecule has 22 heavy (non-hydrogen) atoms. The first kappa shape index (κ1) is 14.1. The zero-order valence-electron chi connectivity index (χ0n) is 12.0. The van der Waals surface area contributed by atoms with Gasteiger partial charge in [0.1, 0.15) is 5.58 Å². The lowest BCUT2D eigenvalue weighted by Crippen LogP contribution is -2.05. The van der Waals surface area contributed by atoms with Crippen LogP contribution in [0.5, 0.6) is 0 Å². The largest absolute Gasteiger partial charge is 0.469 e. The fourth-order valence-electron chi connectivity index (χ4n) is 2.21. The second kappa shape index (κ2) is 5.89. The van der Waals surface area contributed by atoms with Crippen molar-refractivity contribution < 1.29 is 23.2 Å². The number of carbonyl (C=O) groups excluding carboxylic acids is 2. The van der Waals surface area contributed by atoms with Gasteiger partial charge in [-0.25, -0.2) is 0 Å². The smallest absolute Gasteiger partial charge is 0.305 e. The van der Waals surface area contributed by atoms with Crippen molar-refractivity contribution in [2.75, 3.05) is 7.11 Å². The quantitative estimate of drug-likeness (QED) is 0.529. The predicted octanol–water partition coefficient (Wildman–Crippen LogP) is 3.83. The SMILES string of the molecule is COC(=O)CCC(=O)c1cc(-c2ccc3ccoc3c2)co1. The molecule has 0 aliphatic carbocycles. The van der Waals surface area contributed by atoms with Crippen LogP contribution in [0.4, 0.5) is 0 Å². The third kappa shape index (κ3) is 2.79. The van der Waals surface area contributed by atoms with E-state index in [1.54, 1.807) is 12.3 Å². The van der Waals surface area contributed by atoms with Crippen LogP contribution < -0.4 is 0 Å². The lowest BCUT2D eigenvalue weighted by molar-refractivity contribution is -0.140. The zero-order chi connectivity index (χ0) is 15.5. The molecule has 0 atom stereocenters. The van der Waals surface area contributed by atoms with E-state index in [0.717, 1.165) is 22.1 Å². The molecule has 112 valence electrons. The Morgan fingerprint density at radius 3 is 2.73 bits per heavy atom. The summed E-state index contributed by atoms with van der Waals surface area (Å²) < 4.78 is 15.2. The topological polar surface area (TPSA) is 69.7 Å². The van der Waals surface area contributed by atoms with Gasteiger partial charge in [-0.3, -0.25) is 9.59 Å². The molecule has 1 aromatic carbocycles. The van der Waals surface area contributed by atoms with Gasteiger partial charge in [0, 0.05) is 17.4 Å². The molecule has 2 aromatic heterocycles. The summed E-state index contributed by atoms with van der Waals surface area (Å²) in [6.45, 7) is 0. The Hall–Kier alpha value is -2.82. The maximum Gasteiger partial charge on any atom is 0.305 e. The fraction of sp³-hybridized carbons (Fsp3) is 0.176. The van der Waals surface area contributed by atoms with E-state index in [9.17, 15) is 9.59 Å². The number of rotatable bonds is 5. The van der Waals surface area contributed by atoms with Crippen molar-refractivity contribution in [3.05, 3.63) is 48.6 Å². The Morgan fingerprint density at radius 2 is 1.91 bits per heavy atom. The maximum atomic E-state index is 12.0. The Balaban J connectivity index is 1.77. The third-order valence-electron chi connectivity index (χ3n) is 3.45. The summed E-state index contributed by atoms with van der Waals surface area (Å²) in [6, 6.07) is 9.33. The first-order valence-electron chi connectivity index (χ1n) is 6.83. The number of hydrogen-bond acceptors (Lipinski definition) is 5. The molecular weight excluding hydrogens is 284 g/mol. The summed E-state index contributed by atoms with van der Waals surface area (Å²) >= 11 is 0. The number of benzene rings is 1. The number of furan rings is 2. The number of carbonyl (C=O) groups is 2. The van der Waals surface area contributed by atoms with Crippen molar-refractivity contribution in [1.29, 1.82) is 0 Å². The van der Waals surface area contributed by atoms with Crippen molar-refractivity contribution in [2.45, 2.75) is 12.8 Å². The van der Waals surface area contributed by atoms with Gasteiger partial charge < -0.3 is 13.6 Å². The van der Waals surface area contributed by atoms with Gasteiger partial charge in [-0.05, 0) is 23.8 Å². The summed E-state index contributed by atoms with van der Waals surface area (Å²) in [6.07, 6.45) is 3.27. The molecule has 0 aliphatic heterocycles. The molecule has 3 aromatic rings. The molecule has 3 rings (SSSR count). The molecule has 0 saturated heterocycles. The lowest BCUT2D eigenvalue weighted by Gasteiger charge is -1.97. The second-order valence-electron chi connectivity index (χ2n) is 4.87. The van der Waals surface area contributed by atoms with E-state index in [0.29, 0.717) is 0 Å². The van der Waals surface area contributed by atoms with Gasteiger partial charge in [0.05, 0.1) is 26.1 Å². The van der Waals surface area contributed by atoms with Crippen molar-refractivity contribution in [3.63, 3.8) is 0 Å². The van der Waals surface area contributed by atoms with Gasteiger partial charge in [-0.15, -0.1) is 0 Å².